The largest absolute Gasteiger partial charge is 0.342 e. The molecule has 0 spiro atoms. The minimum Gasteiger partial charge on any atom is -0.342 e. The number of aromatic amines is 1. The minimum atomic E-state index is -0.0134. The molecule has 0 bridgehead atoms. The minimum absolute atomic E-state index is 0.0134. The molecule has 0 aliphatic carbocycles. The van der Waals surface area contributed by atoms with Gasteiger partial charge < -0.3 is 9.88 Å². The number of hydrogen-bond donors (Lipinski definition) is 1. The predicted molar refractivity (Wildman–Crippen MR) is 95.0 cm³/mol. The normalized spacial score (nSPS) is 13.7. The number of aryl methyl sites for hydroxylation is 1. The summed E-state index contributed by atoms with van der Waals surface area (Å²) < 4.78 is 0. The standard InChI is InChI=1S/C19H21N5O/c1-11(2)7-17-20-8-13-9-24(10-16(13)23-17)19(25)14-5-4-6-15-18(14)22-12(3)21-15/h4-6,8,11H,7,9-10H2,1-3H3,(H,21,22). The number of nitrogens with one attached hydrogen (secondary N) is 1. The molecule has 0 unspecified atom stereocenters. The van der Waals surface area contributed by atoms with Crippen molar-refractivity contribution in [2.24, 2.45) is 5.92 Å². The number of fused-ring (bicyclic) bond motifs is 2. The van der Waals surface area contributed by atoms with Gasteiger partial charge in [-0.2, -0.15) is 0 Å². The summed E-state index contributed by atoms with van der Waals surface area (Å²) in [4.78, 5) is 31.6. The van der Waals surface area contributed by atoms with E-state index in [0.29, 0.717) is 24.6 Å². The van der Waals surface area contributed by atoms with E-state index in [-0.39, 0.29) is 5.91 Å². The molecule has 3 heterocycles. The van der Waals surface area contributed by atoms with Crippen molar-refractivity contribution in [3.05, 3.63) is 52.9 Å². The summed E-state index contributed by atoms with van der Waals surface area (Å²) in [6.45, 7) is 7.28. The Bertz CT molecular complexity index is 960. The van der Waals surface area contributed by atoms with Gasteiger partial charge in [-0.3, -0.25) is 4.79 Å². The second-order valence-corrected chi connectivity index (χ2v) is 7.04. The molecule has 128 valence electrons. The highest BCUT2D eigenvalue weighted by Gasteiger charge is 2.27. The van der Waals surface area contributed by atoms with Crippen molar-refractivity contribution >= 4 is 16.9 Å². The highest BCUT2D eigenvalue weighted by molar-refractivity contribution is 6.05. The van der Waals surface area contributed by atoms with E-state index >= 15 is 0 Å². The van der Waals surface area contributed by atoms with Gasteiger partial charge in [0.1, 0.15) is 17.2 Å². The van der Waals surface area contributed by atoms with Crippen LogP contribution in [0.4, 0.5) is 0 Å². The lowest BCUT2D eigenvalue weighted by molar-refractivity contribution is 0.0752. The summed E-state index contributed by atoms with van der Waals surface area (Å²) in [5.74, 6) is 2.16. The zero-order valence-electron chi connectivity index (χ0n) is 14.7. The van der Waals surface area contributed by atoms with Crippen molar-refractivity contribution in [2.75, 3.05) is 0 Å². The van der Waals surface area contributed by atoms with Crippen LogP contribution in [0.5, 0.6) is 0 Å². The number of aromatic nitrogens is 4. The van der Waals surface area contributed by atoms with Crippen molar-refractivity contribution in [1.29, 1.82) is 0 Å². The zero-order chi connectivity index (χ0) is 17.6. The Balaban J connectivity index is 1.61. The molecule has 6 nitrogen and oxygen atoms in total. The molecule has 4 rings (SSSR count). The molecule has 1 aliphatic heterocycles. The van der Waals surface area contributed by atoms with Crippen LogP contribution >= 0.6 is 0 Å². The molecule has 2 aromatic heterocycles. The molecule has 1 aliphatic rings. The van der Waals surface area contributed by atoms with E-state index in [1.165, 1.54) is 0 Å². The molecule has 0 radical (unpaired) electrons. The fraction of sp³-hybridized carbons (Fsp3) is 0.368. The molecule has 1 aromatic carbocycles. The number of para-hydroxylation sites is 1. The van der Waals surface area contributed by atoms with Crippen molar-refractivity contribution in [3.63, 3.8) is 0 Å². The number of amides is 1. The Morgan fingerprint density at radius 1 is 1.28 bits per heavy atom. The van der Waals surface area contributed by atoms with Crippen LogP contribution in [0, 0.1) is 12.8 Å². The maximum Gasteiger partial charge on any atom is 0.256 e. The van der Waals surface area contributed by atoms with Crippen LogP contribution < -0.4 is 0 Å². The number of benzene rings is 1. The third kappa shape index (κ3) is 2.88. The van der Waals surface area contributed by atoms with Crippen LogP contribution in [0.1, 0.15) is 47.1 Å². The van der Waals surface area contributed by atoms with Gasteiger partial charge in [-0.1, -0.05) is 19.9 Å². The van der Waals surface area contributed by atoms with Gasteiger partial charge in [-0.25, -0.2) is 15.0 Å². The van der Waals surface area contributed by atoms with Crippen molar-refractivity contribution < 1.29 is 4.79 Å². The fourth-order valence-electron chi connectivity index (χ4n) is 3.30. The molecule has 3 aromatic rings. The molecule has 0 saturated heterocycles. The SMILES string of the molecule is Cc1nc2c(C(=O)N3Cc4cnc(CC(C)C)nc4C3)cccc2[nH]1. The van der Waals surface area contributed by atoms with Gasteiger partial charge in [0.15, 0.2) is 0 Å². The Hall–Kier alpha value is -2.76. The molecular formula is C19H21N5O. The number of rotatable bonds is 3. The highest BCUT2D eigenvalue weighted by Crippen LogP contribution is 2.25. The Morgan fingerprint density at radius 3 is 2.92 bits per heavy atom. The first-order valence-electron chi connectivity index (χ1n) is 8.59. The first-order chi connectivity index (χ1) is 12.0. The topological polar surface area (TPSA) is 74.8 Å². The first kappa shape index (κ1) is 15.7. The van der Waals surface area contributed by atoms with Crippen LogP contribution in [0.25, 0.3) is 11.0 Å². The molecule has 0 saturated carbocycles. The lowest BCUT2D eigenvalue weighted by Gasteiger charge is -2.15. The van der Waals surface area contributed by atoms with E-state index < -0.39 is 0 Å². The Kier molecular flexibility index (Phi) is 3.75. The summed E-state index contributed by atoms with van der Waals surface area (Å²) in [6.07, 6.45) is 2.72. The summed E-state index contributed by atoms with van der Waals surface area (Å²) in [5.41, 5.74) is 4.24. The smallest absolute Gasteiger partial charge is 0.256 e. The van der Waals surface area contributed by atoms with Gasteiger partial charge in [0, 0.05) is 24.7 Å². The molecular weight excluding hydrogens is 314 g/mol. The van der Waals surface area contributed by atoms with Crippen molar-refractivity contribution in [1.82, 2.24) is 24.8 Å². The quantitative estimate of drug-likeness (QED) is 0.798. The summed E-state index contributed by atoms with van der Waals surface area (Å²) in [5, 5.41) is 0. The maximum atomic E-state index is 13.0. The van der Waals surface area contributed by atoms with Crippen LogP contribution in [-0.4, -0.2) is 30.7 Å². The molecule has 6 heteroatoms. The number of hydrogen-bond acceptors (Lipinski definition) is 4. The number of H-pyrrole nitrogens is 1. The average molecular weight is 335 g/mol. The first-order valence-corrected chi connectivity index (χ1v) is 8.59. The third-order valence-electron chi connectivity index (χ3n) is 4.45. The molecule has 1 N–H and O–H groups in total. The van der Waals surface area contributed by atoms with E-state index in [4.69, 9.17) is 0 Å². The van der Waals surface area contributed by atoms with Crippen LogP contribution in [0.2, 0.25) is 0 Å². The van der Waals surface area contributed by atoms with Crippen LogP contribution in [-0.2, 0) is 19.5 Å². The summed E-state index contributed by atoms with van der Waals surface area (Å²) in [6, 6.07) is 5.66. The maximum absolute atomic E-state index is 13.0. The second kappa shape index (κ2) is 5.95. The lowest BCUT2D eigenvalue weighted by atomic mass is 10.1. The van der Waals surface area contributed by atoms with E-state index in [1.54, 1.807) is 0 Å². The molecule has 0 atom stereocenters. The van der Waals surface area contributed by atoms with Gasteiger partial charge in [0.25, 0.3) is 5.91 Å². The fourth-order valence-corrected chi connectivity index (χ4v) is 3.30. The average Bonchev–Trinajstić information content (AvgIpc) is 3.15. The van der Waals surface area contributed by atoms with Gasteiger partial charge in [0.05, 0.1) is 23.3 Å². The van der Waals surface area contributed by atoms with Crippen LogP contribution in [0.3, 0.4) is 0 Å². The summed E-state index contributed by atoms with van der Waals surface area (Å²) >= 11 is 0. The number of nitrogens with zero attached hydrogens (tertiary/aromatic N) is 4. The zero-order valence-corrected chi connectivity index (χ0v) is 14.7. The van der Waals surface area contributed by atoms with Crippen LogP contribution in [0.15, 0.2) is 24.4 Å². The number of imidazole rings is 1. The number of carbonyl (C=O) groups excluding carboxylic acids is 1. The van der Waals surface area contributed by atoms with Crippen molar-refractivity contribution in [3.8, 4) is 0 Å². The number of carbonyl (C=O) groups is 1. The van der Waals surface area contributed by atoms with E-state index in [0.717, 1.165) is 40.4 Å². The van der Waals surface area contributed by atoms with Gasteiger partial charge in [-0.05, 0) is 25.0 Å². The van der Waals surface area contributed by atoms with E-state index in [1.807, 2.05) is 36.2 Å². The monoisotopic (exact) mass is 335 g/mol. The van der Waals surface area contributed by atoms with Gasteiger partial charge >= 0.3 is 0 Å². The Morgan fingerprint density at radius 2 is 2.12 bits per heavy atom. The third-order valence-corrected chi connectivity index (χ3v) is 4.45. The molecule has 1 amide bonds. The summed E-state index contributed by atoms with van der Waals surface area (Å²) in [7, 11) is 0. The highest BCUT2D eigenvalue weighted by atomic mass is 16.2. The van der Waals surface area contributed by atoms with E-state index in [9.17, 15) is 4.79 Å². The lowest BCUT2D eigenvalue weighted by Crippen LogP contribution is -2.25. The molecule has 25 heavy (non-hydrogen) atoms. The van der Waals surface area contributed by atoms with Gasteiger partial charge in [-0.15, -0.1) is 0 Å². The second-order valence-electron chi connectivity index (χ2n) is 7.04. The van der Waals surface area contributed by atoms with E-state index in [2.05, 4.69) is 33.8 Å². The van der Waals surface area contributed by atoms with Crippen molar-refractivity contribution in [2.45, 2.75) is 40.3 Å². The van der Waals surface area contributed by atoms with Gasteiger partial charge in [0.2, 0.25) is 0 Å². The predicted octanol–water partition coefficient (Wildman–Crippen LogP) is 3.02. The molecule has 0 fully saturated rings. The Labute approximate surface area is 146 Å².